The van der Waals surface area contributed by atoms with E-state index >= 15 is 0 Å². The number of halogens is 1. The summed E-state index contributed by atoms with van der Waals surface area (Å²) in [6, 6.07) is 6.40. The lowest BCUT2D eigenvalue weighted by molar-refractivity contribution is 0.328. The second-order valence-electron chi connectivity index (χ2n) is 5.27. The van der Waals surface area contributed by atoms with Gasteiger partial charge in [-0.25, -0.2) is 4.98 Å². The molecule has 1 rings (SSSR count). The van der Waals surface area contributed by atoms with Crippen molar-refractivity contribution in [1.82, 2.24) is 4.98 Å². The molecule has 1 heterocycles. The number of hydrogen-bond acceptors (Lipinski definition) is 2. The smallest absolute Gasteiger partial charge is 0.128 e. The molecule has 0 spiro atoms. The zero-order chi connectivity index (χ0) is 12.3. The molecule has 0 bridgehead atoms. The van der Waals surface area contributed by atoms with Crippen LogP contribution in [0.2, 0.25) is 0 Å². The highest BCUT2D eigenvalue weighted by molar-refractivity contribution is 6.16. The first kappa shape index (κ1) is 13.3. The maximum Gasteiger partial charge on any atom is 0.128 e. The van der Waals surface area contributed by atoms with Gasteiger partial charge < -0.3 is 4.90 Å². The van der Waals surface area contributed by atoms with Gasteiger partial charge in [-0.3, -0.25) is 0 Å². The summed E-state index contributed by atoms with van der Waals surface area (Å²) in [4.78, 5) is 6.72. The van der Waals surface area contributed by atoms with E-state index in [2.05, 4.69) is 44.6 Å². The second kappa shape index (κ2) is 5.05. The summed E-state index contributed by atoms with van der Waals surface area (Å²) in [7, 11) is 2.08. The molecule has 16 heavy (non-hydrogen) atoms. The Hall–Kier alpha value is -0.760. The third-order valence-corrected chi connectivity index (χ3v) is 3.40. The molecular weight excluding hydrogens is 220 g/mol. The molecule has 1 aromatic heterocycles. The van der Waals surface area contributed by atoms with Crippen molar-refractivity contribution in [1.29, 1.82) is 0 Å². The fourth-order valence-corrected chi connectivity index (χ4v) is 1.67. The minimum absolute atomic E-state index is 0.230. The van der Waals surface area contributed by atoms with Gasteiger partial charge in [0.05, 0.1) is 11.6 Å². The number of nitrogens with zero attached hydrogens (tertiary/aromatic N) is 2. The van der Waals surface area contributed by atoms with E-state index in [4.69, 9.17) is 11.6 Å². The predicted molar refractivity (Wildman–Crippen MR) is 71.1 cm³/mol. The molecule has 0 N–H and O–H groups in total. The number of pyridine rings is 1. The van der Waals surface area contributed by atoms with Crippen molar-refractivity contribution < 1.29 is 0 Å². The van der Waals surface area contributed by atoms with E-state index in [1.54, 1.807) is 0 Å². The Morgan fingerprint density at radius 2 is 2.00 bits per heavy atom. The van der Waals surface area contributed by atoms with Crippen molar-refractivity contribution in [2.75, 3.05) is 11.9 Å². The fourth-order valence-electron chi connectivity index (χ4n) is 1.52. The van der Waals surface area contributed by atoms with Gasteiger partial charge >= 0.3 is 0 Å². The van der Waals surface area contributed by atoms with Crippen LogP contribution in [0.25, 0.3) is 0 Å². The lowest BCUT2D eigenvalue weighted by Crippen LogP contribution is -2.39. The highest BCUT2D eigenvalue weighted by Crippen LogP contribution is 2.26. The summed E-state index contributed by atoms with van der Waals surface area (Å²) in [6.07, 6.45) is 0. The molecule has 90 valence electrons. The Balaban J connectivity index is 2.91. The average Bonchev–Trinajstić information content (AvgIpc) is 2.26. The highest BCUT2D eigenvalue weighted by atomic mass is 35.5. The van der Waals surface area contributed by atoms with Crippen LogP contribution in [0, 0.1) is 5.41 Å². The molecule has 1 unspecified atom stereocenters. The van der Waals surface area contributed by atoms with Gasteiger partial charge in [0.2, 0.25) is 0 Å². The minimum Gasteiger partial charge on any atom is -0.356 e. The summed E-state index contributed by atoms with van der Waals surface area (Å²) in [5.74, 6) is 1.45. The van der Waals surface area contributed by atoms with Crippen LogP contribution >= 0.6 is 11.6 Å². The van der Waals surface area contributed by atoms with Crippen molar-refractivity contribution >= 4 is 17.4 Å². The van der Waals surface area contributed by atoms with Crippen LogP contribution in [0.5, 0.6) is 0 Å². The van der Waals surface area contributed by atoms with Crippen LogP contribution in [0.4, 0.5) is 5.82 Å². The molecular formula is C13H21ClN2. The standard InChI is InChI=1S/C13H21ClN2/c1-10(13(2,3)4)16(5)12-8-6-7-11(9-14)15-12/h6-8,10H,9H2,1-5H3. The third-order valence-electron chi connectivity index (χ3n) is 3.12. The van der Waals surface area contributed by atoms with Crippen molar-refractivity contribution in [3.05, 3.63) is 23.9 Å². The molecule has 1 aromatic rings. The molecule has 0 saturated carbocycles. The zero-order valence-electron chi connectivity index (χ0n) is 10.8. The van der Waals surface area contributed by atoms with Crippen molar-refractivity contribution in [3.63, 3.8) is 0 Å². The number of alkyl halides is 1. The van der Waals surface area contributed by atoms with Gasteiger partial charge in [-0.2, -0.15) is 0 Å². The second-order valence-corrected chi connectivity index (χ2v) is 5.54. The number of anilines is 1. The molecule has 0 aromatic carbocycles. The van der Waals surface area contributed by atoms with Crippen molar-refractivity contribution in [3.8, 4) is 0 Å². The molecule has 0 aliphatic heterocycles. The lowest BCUT2D eigenvalue weighted by atomic mass is 9.87. The summed E-state index contributed by atoms with van der Waals surface area (Å²) in [5.41, 5.74) is 1.15. The Kier molecular flexibility index (Phi) is 4.20. The van der Waals surface area contributed by atoms with E-state index in [0.29, 0.717) is 11.9 Å². The summed E-state index contributed by atoms with van der Waals surface area (Å²) >= 11 is 5.79. The van der Waals surface area contributed by atoms with Crippen LogP contribution in [-0.2, 0) is 5.88 Å². The van der Waals surface area contributed by atoms with Crippen molar-refractivity contribution in [2.45, 2.75) is 39.6 Å². The monoisotopic (exact) mass is 240 g/mol. The first-order chi connectivity index (χ1) is 7.36. The predicted octanol–water partition coefficient (Wildman–Crippen LogP) is 3.69. The first-order valence-electron chi connectivity index (χ1n) is 5.61. The zero-order valence-corrected chi connectivity index (χ0v) is 11.5. The molecule has 0 aliphatic carbocycles. The Bertz CT molecular complexity index is 344. The topological polar surface area (TPSA) is 16.1 Å². The van der Waals surface area contributed by atoms with Gasteiger partial charge in [0.25, 0.3) is 0 Å². The van der Waals surface area contributed by atoms with E-state index in [9.17, 15) is 0 Å². The average molecular weight is 241 g/mol. The highest BCUT2D eigenvalue weighted by Gasteiger charge is 2.24. The maximum atomic E-state index is 5.79. The van der Waals surface area contributed by atoms with E-state index in [1.807, 2.05) is 18.2 Å². The van der Waals surface area contributed by atoms with Gasteiger partial charge in [0.1, 0.15) is 5.82 Å². The summed E-state index contributed by atoms with van der Waals surface area (Å²) in [6.45, 7) is 8.92. The van der Waals surface area contributed by atoms with Crippen LogP contribution < -0.4 is 4.90 Å². The quantitative estimate of drug-likeness (QED) is 0.750. The molecule has 1 atom stereocenters. The Morgan fingerprint density at radius 1 is 1.38 bits per heavy atom. The Morgan fingerprint density at radius 3 is 2.50 bits per heavy atom. The normalized spacial score (nSPS) is 13.6. The van der Waals surface area contributed by atoms with Gasteiger partial charge in [-0.05, 0) is 24.5 Å². The van der Waals surface area contributed by atoms with E-state index < -0.39 is 0 Å². The van der Waals surface area contributed by atoms with Gasteiger partial charge in [-0.15, -0.1) is 11.6 Å². The van der Waals surface area contributed by atoms with Gasteiger partial charge in [-0.1, -0.05) is 26.8 Å². The largest absolute Gasteiger partial charge is 0.356 e. The third kappa shape index (κ3) is 3.11. The minimum atomic E-state index is 0.230. The fraction of sp³-hybridized carbons (Fsp3) is 0.615. The van der Waals surface area contributed by atoms with Crippen LogP contribution in [-0.4, -0.2) is 18.1 Å². The molecule has 0 radical (unpaired) electrons. The molecule has 0 saturated heterocycles. The molecule has 0 fully saturated rings. The number of rotatable bonds is 3. The van der Waals surface area contributed by atoms with Crippen molar-refractivity contribution in [2.24, 2.45) is 5.41 Å². The molecule has 0 aliphatic rings. The number of hydrogen-bond donors (Lipinski definition) is 0. The SMILES string of the molecule is CC(N(C)c1cccc(CCl)n1)C(C)(C)C. The van der Waals surface area contributed by atoms with Gasteiger partial charge in [0, 0.05) is 13.1 Å². The lowest BCUT2D eigenvalue weighted by Gasteiger charge is -2.36. The van der Waals surface area contributed by atoms with Crippen LogP contribution in [0.1, 0.15) is 33.4 Å². The Labute approximate surface area is 104 Å². The summed E-state index contributed by atoms with van der Waals surface area (Å²) in [5, 5.41) is 0. The molecule has 0 amide bonds. The van der Waals surface area contributed by atoms with Gasteiger partial charge in [0.15, 0.2) is 0 Å². The summed E-state index contributed by atoms with van der Waals surface area (Å²) < 4.78 is 0. The van der Waals surface area contributed by atoms with Crippen LogP contribution in [0.15, 0.2) is 18.2 Å². The molecule has 3 heteroatoms. The molecule has 2 nitrogen and oxygen atoms in total. The van der Waals surface area contributed by atoms with E-state index in [1.165, 1.54) is 0 Å². The first-order valence-corrected chi connectivity index (χ1v) is 6.14. The maximum absolute atomic E-state index is 5.79. The van der Waals surface area contributed by atoms with E-state index in [0.717, 1.165) is 11.5 Å². The van der Waals surface area contributed by atoms with E-state index in [-0.39, 0.29) is 5.41 Å². The van der Waals surface area contributed by atoms with Crippen LogP contribution in [0.3, 0.4) is 0 Å². The number of aromatic nitrogens is 1.